The minimum Gasteiger partial charge on any atom is -0.396 e. The molecule has 1 aromatic carbocycles. The third-order valence-corrected chi connectivity index (χ3v) is 3.22. The number of para-hydroxylation sites is 1. The lowest BCUT2D eigenvalue weighted by Gasteiger charge is -2.32. The van der Waals surface area contributed by atoms with Crippen molar-refractivity contribution in [3.63, 3.8) is 0 Å². The van der Waals surface area contributed by atoms with Crippen LogP contribution in [-0.2, 0) is 11.3 Å². The van der Waals surface area contributed by atoms with Crippen LogP contribution < -0.4 is 5.73 Å². The van der Waals surface area contributed by atoms with Crippen molar-refractivity contribution in [3.8, 4) is 0 Å². The molecule has 1 saturated heterocycles. The number of benzene rings is 1. The number of anilines is 1. The Morgan fingerprint density at radius 1 is 1.53 bits per heavy atom. The Hall–Kier alpha value is -1.13. The van der Waals surface area contributed by atoms with Gasteiger partial charge in [-0.25, -0.2) is 4.39 Å². The van der Waals surface area contributed by atoms with E-state index in [1.54, 1.807) is 6.07 Å². The van der Waals surface area contributed by atoms with E-state index in [4.69, 9.17) is 10.5 Å². The predicted octanol–water partition coefficient (Wildman–Crippen LogP) is 2.02. The second-order valence-electron chi connectivity index (χ2n) is 4.45. The quantitative estimate of drug-likeness (QED) is 0.819. The number of halogens is 1. The van der Waals surface area contributed by atoms with Gasteiger partial charge in [-0.05, 0) is 18.1 Å². The van der Waals surface area contributed by atoms with Crippen LogP contribution in [0.25, 0.3) is 0 Å². The fourth-order valence-corrected chi connectivity index (χ4v) is 2.13. The fraction of sp³-hybridized carbons (Fsp3) is 0.538. The Balaban J connectivity index is 2.02. The molecule has 1 atom stereocenters. The zero-order valence-corrected chi connectivity index (χ0v) is 10.2. The van der Waals surface area contributed by atoms with Crippen molar-refractivity contribution in [1.82, 2.24) is 4.90 Å². The average molecular weight is 238 g/mol. The second kappa shape index (κ2) is 5.47. The Labute approximate surface area is 101 Å². The number of nitrogens with zero attached hydrogens (tertiary/aromatic N) is 1. The molecule has 0 radical (unpaired) electrons. The van der Waals surface area contributed by atoms with E-state index in [-0.39, 0.29) is 11.5 Å². The molecule has 0 aromatic heterocycles. The van der Waals surface area contributed by atoms with Crippen molar-refractivity contribution in [2.45, 2.75) is 26.0 Å². The average Bonchev–Trinajstić information content (AvgIpc) is 2.35. The summed E-state index contributed by atoms with van der Waals surface area (Å²) in [6.07, 6.45) is 1.30. The molecule has 1 heterocycles. The first-order chi connectivity index (χ1) is 8.20. The Morgan fingerprint density at radius 2 is 2.35 bits per heavy atom. The number of rotatable bonds is 3. The van der Waals surface area contributed by atoms with Crippen LogP contribution >= 0.6 is 0 Å². The van der Waals surface area contributed by atoms with Gasteiger partial charge in [-0.1, -0.05) is 19.1 Å². The lowest BCUT2D eigenvalue weighted by atomic mass is 10.1. The molecular formula is C13H19FN2O. The second-order valence-corrected chi connectivity index (χ2v) is 4.45. The Kier molecular flexibility index (Phi) is 3.97. The summed E-state index contributed by atoms with van der Waals surface area (Å²) in [6, 6.07) is 4.99. The molecule has 0 aliphatic carbocycles. The molecule has 3 nitrogen and oxygen atoms in total. The summed E-state index contributed by atoms with van der Waals surface area (Å²) in [6.45, 7) is 5.33. The van der Waals surface area contributed by atoms with Crippen molar-refractivity contribution < 1.29 is 9.13 Å². The summed E-state index contributed by atoms with van der Waals surface area (Å²) in [5, 5.41) is 0. The number of morpholine rings is 1. The molecule has 1 aromatic rings. The maximum absolute atomic E-state index is 13.3. The third-order valence-electron chi connectivity index (χ3n) is 3.22. The van der Waals surface area contributed by atoms with E-state index in [0.717, 1.165) is 31.7 Å². The molecule has 1 unspecified atom stereocenters. The van der Waals surface area contributed by atoms with Crippen molar-refractivity contribution in [1.29, 1.82) is 0 Å². The number of hydrogen-bond acceptors (Lipinski definition) is 3. The number of hydrogen-bond donors (Lipinski definition) is 1. The first kappa shape index (κ1) is 12.3. The molecule has 2 N–H and O–H groups in total. The van der Waals surface area contributed by atoms with Gasteiger partial charge in [-0.15, -0.1) is 0 Å². The lowest BCUT2D eigenvalue weighted by molar-refractivity contribution is -0.0324. The SMILES string of the molecule is CCC1CN(Cc2cccc(F)c2N)CCO1. The fourth-order valence-electron chi connectivity index (χ4n) is 2.13. The highest BCUT2D eigenvalue weighted by Gasteiger charge is 2.19. The molecule has 17 heavy (non-hydrogen) atoms. The van der Waals surface area contributed by atoms with Gasteiger partial charge < -0.3 is 10.5 Å². The van der Waals surface area contributed by atoms with Gasteiger partial charge >= 0.3 is 0 Å². The van der Waals surface area contributed by atoms with Crippen molar-refractivity contribution in [3.05, 3.63) is 29.6 Å². The smallest absolute Gasteiger partial charge is 0.146 e. The monoisotopic (exact) mass is 238 g/mol. The third kappa shape index (κ3) is 2.96. The molecule has 0 amide bonds. The summed E-state index contributed by atoms with van der Waals surface area (Å²) < 4.78 is 18.9. The maximum Gasteiger partial charge on any atom is 0.146 e. The minimum atomic E-state index is -0.331. The summed E-state index contributed by atoms with van der Waals surface area (Å²) >= 11 is 0. The Bertz CT molecular complexity index is 384. The molecule has 0 spiro atoms. The van der Waals surface area contributed by atoms with E-state index in [0.29, 0.717) is 12.6 Å². The number of ether oxygens (including phenoxy) is 1. The van der Waals surface area contributed by atoms with E-state index in [1.165, 1.54) is 6.07 Å². The predicted molar refractivity (Wildman–Crippen MR) is 66.1 cm³/mol. The van der Waals surface area contributed by atoms with Gasteiger partial charge in [-0.2, -0.15) is 0 Å². The molecule has 4 heteroatoms. The summed E-state index contributed by atoms with van der Waals surface area (Å²) in [4.78, 5) is 2.27. The largest absolute Gasteiger partial charge is 0.396 e. The van der Waals surface area contributed by atoms with Crippen LogP contribution in [0, 0.1) is 5.82 Å². The lowest BCUT2D eigenvalue weighted by Crippen LogP contribution is -2.41. The first-order valence-electron chi connectivity index (χ1n) is 6.07. The van der Waals surface area contributed by atoms with Gasteiger partial charge in [0.25, 0.3) is 0 Å². The van der Waals surface area contributed by atoms with Crippen LogP contribution in [-0.4, -0.2) is 30.7 Å². The van der Waals surface area contributed by atoms with Gasteiger partial charge in [0.2, 0.25) is 0 Å². The Morgan fingerprint density at radius 3 is 3.12 bits per heavy atom. The van der Waals surface area contributed by atoms with E-state index in [2.05, 4.69) is 11.8 Å². The topological polar surface area (TPSA) is 38.5 Å². The van der Waals surface area contributed by atoms with E-state index in [9.17, 15) is 4.39 Å². The van der Waals surface area contributed by atoms with Crippen LogP contribution in [0.5, 0.6) is 0 Å². The first-order valence-corrected chi connectivity index (χ1v) is 6.07. The van der Waals surface area contributed by atoms with Crippen molar-refractivity contribution in [2.24, 2.45) is 0 Å². The van der Waals surface area contributed by atoms with Gasteiger partial charge in [0, 0.05) is 19.6 Å². The normalized spacial score (nSPS) is 21.6. The molecular weight excluding hydrogens is 219 g/mol. The minimum absolute atomic E-state index is 0.270. The maximum atomic E-state index is 13.3. The van der Waals surface area contributed by atoms with E-state index >= 15 is 0 Å². The van der Waals surface area contributed by atoms with Crippen LogP contribution in [0.1, 0.15) is 18.9 Å². The van der Waals surface area contributed by atoms with Gasteiger partial charge in [0.15, 0.2) is 0 Å². The number of nitrogens with two attached hydrogens (primary N) is 1. The molecule has 0 saturated carbocycles. The highest BCUT2D eigenvalue weighted by Crippen LogP contribution is 2.19. The van der Waals surface area contributed by atoms with Crippen molar-refractivity contribution >= 4 is 5.69 Å². The molecule has 1 fully saturated rings. The van der Waals surface area contributed by atoms with Gasteiger partial charge in [-0.3, -0.25) is 4.90 Å². The zero-order chi connectivity index (χ0) is 12.3. The van der Waals surface area contributed by atoms with Crippen LogP contribution in [0.4, 0.5) is 10.1 Å². The summed E-state index contributed by atoms with van der Waals surface area (Å²) in [7, 11) is 0. The molecule has 1 aliphatic heterocycles. The molecule has 1 aliphatic rings. The van der Waals surface area contributed by atoms with E-state index < -0.39 is 0 Å². The molecule has 2 rings (SSSR count). The van der Waals surface area contributed by atoms with Gasteiger partial charge in [0.1, 0.15) is 5.82 Å². The number of nitrogen functional groups attached to an aromatic ring is 1. The van der Waals surface area contributed by atoms with Crippen molar-refractivity contribution in [2.75, 3.05) is 25.4 Å². The van der Waals surface area contributed by atoms with Crippen LogP contribution in [0.2, 0.25) is 0 Å². The molecule has 94 valence electrons. The van der Waals surface area contributed by atoms with Gasteiger partial charge in [0.05, 0.1) is 18.4 Å². The summed E-state index contributed by atoms with van der Waals surface area (Å²) in [5.74, 6) is -0.331. The highest BCUT2D eigenvalue weighted by molar-refractivity contribution is 5.47. The summed E-state index contributed by atoms with van der Waals surface area (Å²) in [5.41, 5.74) is 6.87. The van der Waals surface area contributed by atoms with E-state index in [1.807, 2.05) is 6.07 Å². The zero-order valence-electron chi connectivity index (χ0n) is 10.2. The highest BCUT2D eigenvalue weighted by atomic mass is 19.1. The van der Waals surface area contributed by atoms with Crippen LogP contribution in [0.15, 0.2) is 18.2 Å². The standard InChI is InChI=1S/C13H19FN2O/c1-2-11-9-16(6-7-17-11)8-10-4-3-5-12(14)13(10)15/h3-5,11H,2,6-9,15H2,1H3. The molecule has 0 bridgehead atoms. The van der Waals surface area contributed by atoms with Crippen LogP contribution in [0.3, 0.4) is 0 Å².